The highest BCUT2D eigenvalue weighted by Gasteiger charge is 2.33. The molecule has 1 nitrogen and oxygen atoms in total. The SMILES string of the molecule is CCNC(Cc1c(C)cc(C)cc1C)C(C)C1CC1. The van der Waals surface area contributed by atoms with Crippen LogP contribution in [0, 0.1) is 32.6 Å². The van der Waals surface area contributed by atoms with Gasteiger partial charge in [-0.1, -0.05) is 31.5 Å². The van der Waals surface area contributed by atoms with Crippen molar-refractivity contribution >= 4 is 0 Å². The van der Waals surface area contributed by atoms with Crippen LogP contribution in [-0.2, 0) is 6.42 Å². The molecule has 0 radical (unpaired) electrons. The first kappa shape index (κ1) is 14.6. The third-order valence-corrected chi connectivity index (χ3v) is 4.73. The highest BCUT2D eigenvalue weighted by atomic mass is 14.9. The van der Waals surface area contributed by atoms with Crippen molar-refractivity contribution in [2.45, 2.75) is 59.9 Å². The van der Waals surface area contributed by atoms with Gasteiger partial charge in [-0.2, -0.15) is 0 Å². The minimum atomic E-state index is 0.637. The van der Waals surface area contributed by atoms with Crippen LogP contribution in [0.3, 0.4) is 0 Å². The second kappa shape index (κ2) is 6.09. The molecule has 106 valence electrons. The Morgan fingerprint density at radius 3 is 2.21 bits per heavy atom. The Balaban J connectivity index is 2.16. The molecule has 2 unspecified atom stereocenters. The van der Waals surface area contributed by atoms with Gasteiger partial charge in [0.25, 0.3) is 0 Å². The summed E-state index contributed by atoms with van der Waals surface area (Å²) in [5.41, 5.74) is 5.87. The summed E-state index contributed by atoms with van der Waals surface area (Å²) in [5, 5.41) is 3.72. The molecule has 1 aromatic rings. The minimum absolute atomic E-state index is 0.637. The average molecular weight is 259 g/mol. The van der Waals surface area contributed by atoms with Crippen LogP contribution >= 0.6 is 0 Å². The fourth-order valence-electron chi connectivity index (χ4n) is 3.41. The maximum atomic E-state index is 3.72. The fourth-order valence-corrected chi connectivity index (χ4v) is 3.41. The molecule has 0 aromatic heterocycles. The Morgan fingerprint density at radius 2 is 1.74 bits per heavy atom. The lowest BCUT2D eigenvalue weighted by Crippen LogP contribution is -2.38. The predicted molar refractivity (Wildman–Crippen MR) is 83.7 cm³/mol. The van der Waals surface area contributed by atoms with E-state index < -0.39 is 0 Å². The molecule has 0 bridgehead atoms. The molecule has 1 aromatic carbocycles. The van der Waals surface area contributed by atoms with Gasteiger partial charge in [0.15, 0.2) is 0 Å². The van der Waals surface area contributed by atoms with Gasteiger partial charge in [0.2, 0.25) is 0 Å². The van der Waals surface area contributed by atoms with E-state index in [9.17, 15) is 0 Å². The van der Waals surface area contributed by atoms with Crippen LogP contribution in [0.15, 0.2) is 12.1 Å². The fraction of sp³-hybridized carbons (Fsp3) is 0.667. The number of likely N-dealkylation sites (N-methyl/N-ethyl adjacent to an activating group) is 1. The van der Waals surface area contributed by atoms with Crippen molar-refractivity contribution < 1.29 is 0 Å². The summed E-state index contributed by atoms with van der Waals surface area (Å²) in [4.78, 5) is 0. The maximum absolute atomic E-state index is 3.72. The average Bonchev–Trinajstić information content (AvgIpc) is 3.15. The van der Waals surface area contributed by atoms with E-state index >= 15 is 0 Å². The van der Waals surface area contributed by atoms with Gasteiger partial charge in [0.1, 0.15) is 0 Å². The first-order valence-corrected chi connectivity index (χ1v) is 7.83. The third kappa shape index (κ3) is 3.60. The summed E-state index contributed by atoms with van der Waals surface area (Å²) in [6, 6.07) is 5.29. The van der Waals surface area contributed by atoms with Gasteiger partial charge >= 0.3 is 0 Å². The Kier molecular flexibility index (Phi) is 4.67. The largest absolute Gasteiger partial charge is 0.314 e. The summed E-state index contributed by atoms with van der Waals surface area (Å²) in [6.07, 6.45) is 4.06. The molecule has 0 saturated heterocycles. The molecule has 2 rings (SSSR count). The van der Waals surface area contributed by atoms with E-state index in [4.69, 9.17) is 0 Å². The second-order valence-corrected chi connectivity index (χ2v) is 6.44. The van der Waals surface area contributed by atoms with Crippen molar-refractivity contribution in [2.75, 3.05) is 6.54 Å². The predicted octanol–water partition coefficient (Wildman–Crippen LogP) is 4.18. The van der Waals surface area contributed by atoms with Crippen LogP contribution in [0.5, 0.6) is 0 Å². The molecule has 1 aliphatic rings. The molecule has 1 saturated carbocycles. The van der Waals surface area contributed by atoms with Gasteiger partial charge in [-0.25, -0.2) is 0 Å². The van der Waals surface area contributed by atoms with Crippen molar-refractivity contribution in [1.82, 2.24) is 5.32 Å². The Labute approximate surface area is 118 Å². The van der Waals surface area contributed by atoms with Gasteiger partial charge in [-0.05, 0) is 75.1 Å². The zero-order valence-electron chi connectivity index (χ0n) is 13.2. The third-order valence-electron chi connectivity index (χ3n) is 4.73. The molecule has 0 aliphatic heterocycles. The summed E-state index contributed by atoms with van der Waals surface area (Å²) in [6.45, 7) is 12.5. The monoisotopic (exact) mass is 259 g/mol. The Hall–Kier alpha value is -0.820. The van der Waals surface area contributed by atoms with Gasteiger partial charge < -0.3 is 5.32 Å². The molecule has 0 amide bonds. The number of aryl methyl sites for hydroxylation is 3. The smallest absolute Gasteiger partial charge is 0.0136 e. The van der Waals surface area contributed by atoms with E-state index in [1.165, 1.54) is 36.0 Å². The normalized spacial score (nSPS) is 18.4. The number of nitrogens with one attached hydrogen (secondary N) is 1. The van der Waals surface area contributed by atoms with Crippen LogP contribution in [0.2, 0.25) is 0 Å². The second-order valence-electron chi connectivity index (χ2n) is 6.44. The lowest BCUT2D eigenvalue weighted by atomic mass is 9.87. The van der Waals surface area contributed by atoms with Crippen LogP contribution < -0.4 is 5.32 Å². The number of hydrogen-bond acceptors (Lipinski definition) is 1. The van der Waals surface area contributed by atoms with Gasteiger partial charge in [-0.3, -0.25) is 0 Å². The topological polar surface area (TPSA) is 12.0 Å². The molecule has 1 heteroatoms. The molecule has 19 heavy (non-hydrogen) atoms. The first-order chi connectivity index (χ1) is 9.02. The molecular formula is C18H29N. The molecule has 1 N–H and O–H groups in total. The maximum Gasteiger partial charge on any atom is 0.0136 e. The molecule has 1 fully saturated rings. The minimum Gasteiger partial charge on any atom is -0.314 e. The summed E-state index contributed by atoms with van der Waals surface area (Å²) in [5.74, 6) is 1.77. The summed E-state index contributed by atoms with van der Waals surface area (Å²) in [7, 11) is 0. The standard InChI is InChI=1S/C18H29N/c1-6-19-18(15(5)16-7-8-16)11-17-13(3)9-12(2)10-14(17)4/h9-10,15-16,18-19H,6-8,11H2,1-5H3. The van der Waals surface area contributed by atoms with Crippen molar-refractivity contribution in [3.05, 3.63) is 34.4 Å². The Bertz CT molecular complexity index is 408. The van der Waals surface area contributed by atoms with Gasteiger partial charge in [-0.15, -0.1) is 0 Å². The molecule has 0 spiro atoms. The zero-order valence-corrected chi connectivity index (χ0v) is 13.2. The number of hydrogen-bond donors (Lipinski definition) is 1. The van der Waals surface area contributed by atoms with E-state index in [0.29, 0.717) is 6.04 Å². The lowest BCUT2D eigenvalue weighted by Gasteiger charge is -2.26. The van der Waals surface area contributed by atoms with E-state index in [1.54, 1.807) is 5.56 Å². The van der Waals surface area contributed by atoms with Crippen LogP contribution in [-0.4, -0.2) is 12.6 Å². The molecule has 2 atom stereocenters. The van der Waals surface area contributed by atoms with Crippen molar-refractivity contribution in [3.63, 3.8) is 0 Å². The molecule has 0 heterocycles. The van der Waals surface area contributed by atoms with E-state index in [1.807, 2.05) is 0 Å². The highest BCUT2D eigenvalue weighted by molar-refractivity contribution is 5.38. The summed E-state index contributed by atoms with van der Waals surface area (Å²) < 4.78 is 0. The van der Waals surface area contributed by atoms with Crippen LogP contribution in [0.4, 0.5) is 0 Å². The Morgan fingerprint density at radius 1 is 1.16 bits per heavy atom. The number of rotatable bonds is 6. The lowest BCUT2D eigenvalue weighted by molar-refractivity contribution is 0.344. The first-order valence-electron chi connectivity index (χ1n) is 7.83. The van der Waals surface area contributed by atoms with Gasteiger partial charge in [0.05, 0.1) is 0 Å². The highest BCUT2D eigenvalue weighted by Crippen LogP contribution is 2.39. The van der Waals surface area contributed by atoms with Crippen LogP contribution in [0.1, 0.15) is 48.9 Å². The zero-order chi connectivity index (χ0) is 14.0. The van der Waals surface area contributed by atoms with E-state index in [-0.39, 0.29) is 0 Å². The number of benzene rings is 1. The van der Waals surface area contributed by atoms with Crippen molar-refractivity contribution in [3.8, 4) is 0 Å². The van der Waals surface area contributed by atoms with Crippen LogP contribution in [0.25, 0.3) is 0 Å². The van der Waals surface area contributed by atoms with E-state index in [2.05, 4.69) is 52.1 Å². The van der Waals surface area contributed by atoms with Crippen molar-refractivity contribution in [2.24, 2.45) is 11.8 Å². The van der Waals surface area contributed by atoms with E-state index in [0.717, 1.165) is 18.4 Å². The van der Waals surface area contributed by atoms with Gasteiger partial charge in [0, 0.05) is 6.04 Å². The van der Waals surface area contributed by atoms with Crippen molar-refractivity contribution in [1.29, 1.82) is 0 Å². The quantitative estimate of drug-likeness (QED) is 0.808. The molecular weight excluding hydrogens is 230 g/mol. The molecule has 1 aliphatic carbocycles. The summed E-state index contributed by atoms with van der Waals surface area (Å²) >= 11 is 0.